The Labute approximate surface area is 107 Å². The SMILES string of the molecule is CN1CCCC(N(C)C2CCNCC2(C)C)C1. The van der Waals surface area contributed by atoms with Crippen molar-refractivity contribution in [3.63, 3.8) is 0 Å². The molecule has 2 saturated heterocycles. The van der Waals surface area contributed by atoms with Gasteiger partial charge in [0.05, 0.1) is 0 Å². The van der Waals surface area contributed by atoms with E-state index in [2.05, 4.69) is 43.1 Å². The molecule has 3 nitrogen and oxygen atoms in total. The van der Waals surface area contributed by atoms with Gasteiger partial charge in [0.1, 0.15) is 0 Å². The minimum absolute atomic E-state index is 0.406. The van der Waals surface area contributed by atoms with Gasteiger partial charge in [0.15, 0.2) is 0 Å². The summed E-state index contributed by atoms with van der Waals surface area (Å²) in [6.07, 6.45) is 4.03. The minimum Gasteiger partial charge on any atom is -0.316 e. The van der Waals surface area contributed by atoms with E-state index in [1.54, 1.807) is 0 Å². The first-order valence-corrected chi connectivity index (χ1v) is 7.12. The number of hydrogen-bond donors (Lipinski definition) is 1. The molecule has 1 N–H and O–H groups in total. The molecule has 0 aromatic carbocycles. The van der Waals surface area contributed by atoms with E-state index in [-0.39, 0.29) is 0 Å². The lowest BCUT2D eigenvalue weighted by molar-refractivity contribution is 0.0226. The summed E-state index contributed by atoms with van der Waals surface area (Å²) in [7, 11) is 4.61. The Bertz CT molecular complexity index is 252. The summed E-state index contributed by atoms with van der Waals surface area (Å²) in [4.78, 5) is 5.16. The van der Waals surface area contributed by atoms with Crippen LogP contribution in [0.25, 0.3) is 0 Å². The van der Waals surface area contributed by atoms with Gasteiger partial charge in [-0.05, 0) is 51.9 Å². The first-order chi connectivity index (χ1) is 8.00. The monoisotopic (exact) mass is 239 g/mol. The van der Waals surface area contributed by atoms with Crippen LogP contribution in [0.2, 0.25) is 0 Å². The van der Waals surface area contributed by atoms with Gasteiger partial charge in [0.2, 0.25) is 0 Å². The Kier molecular flexibility index (Phi) is 4.11. The maximum Gasteiger partial charge on any atom is 0.0223 e. The van der Waals surface area contributed by atoms with Crippen LogP contribution in [0.1, 0.15) is 33.1 Å². The van der Waals surface area contributed by atoms with E-state index in [9.17, 15) is 0 Å². The lowest BCUT2D eigenvalue weighted by Crippen LogP contribution is -2.58. The number of nitrogens with one attached hydrogen (secondary N) is 1. The predicted octanol–water partition coefficient (Wildman–Crippen LogP) is 1.40. The minimum atomic E-state index is 0.406. The van der Waals surface area contributed by atoms with Crippen LogP contribution in [0.15, 0.2) is 0 Å². The molecule has 17 heavy (non-hydrogen) atoms. The zero-order valence-electron chi connectivity index (χ0n) is 12.0. The van der Waals surface area contributed by atoms with Crippen molar-refractivity contribution >= 4 is 0 Å². The molecule has 2 aliphatic heterocycles. The largest absolute Gasteiger partial charge is 0.316 e. The van der Waals surface area contributed by atoms with E-state index in [1.807, 2.05) is 0 Å². The smallest absolute Gasteiger partial charge is 0.0223 e. The van der Waals surface area contributed by atoms with Crippen molar-refractivity contribution in [2.75, 3.05) is 40.3 Å². The molecule has 0 radical (unpaired) electrons. The molecule has 2 rings (SSSR count). The second-order valence-corrected chi connectivity index (χ2v) is 6.69. The van der Waals surface area contributed by atoms with Crippen LogP contribution in [0.3, 0.4) is 0 Å². The summed E-state index contributed by atoms with van der Waals surface area (Å²) in [5, 5.41) is 3.53. The fourth-order valence-electron chi connectivity index (χ4n) is 3.64. The van der Waals surface area contributed by atoms with Crippen LogP contribution in [-0.2, 0) is 0 Å². The molecular weight excluding hydrogens is 210 g/mol. The highest BCUT2D eigenvalue weighted by molar-refractivity contribution is 4.94. The highest BCUT2D eigenvalue weighted by atomic mass is 15.2. The third kappa shape index (κ3) is 3.01. The Morgan fingerprint density at radius 3 is 2.71 bits per heavy atom. The molecule has 2 heterocycles. The molecule has 0 aromatic rings. The van der Waals surface area contributed by atoms with E-state index >= 15 is 0 Å². The third-order valence-electron chi connectivity index (χ3n) is 4.74. The van der Waals surface area contributed by atoms with Crippen molar-refractivity contribution in [3.05, 3.63) is 0 Å². The van der Waals surface area contributed by atoms with Crippen molar-refractivity contribution < 1.29 is 0 Å². The van der Waals surface area contributed by atoms with Gasteiger partial charge in [0, 0.05) is 25.2 Å². The molecule has 0 amide bonds. The van der Waals surface area contributed by atoms with E-state index in [0.29, 0.717) is 5.41 Å². The van der Waals surface area contributed by atoms with Gasteiger partial charge in [-0.15, -0.1) is 0 Å². The van der Waals surface area contributed by atoms with Crippen molar-refractivity contribution in [1.82, 2.24) is 15.1 Å². The molecule has 0 aromatic heterocycles. The Morgan fingerprint density at radius 2 is 2.06 bits per heavy atom. The third-order valence-corrected chi connectivity index (χ3v) is 4.74. The quantitative estimate of drug-likeness (QED) is 0.786. The van der Waals surface area contributed by atoms with E-state index in [1.165, 1.54) is 38.9 Å². The second-order valence-electron chi connectivity index (χ2n) is 6.69. The molecular formula is C14H29N3. The molecule has 0 spiro atoms. The number of hydrogen-bond acceptors (Lipinski definition) is 3. The van der Waals surface area contributed by atoms with Gasteiger partial charge < -0.3 is 10.2 Å². The number of nitrogens with zero attached hydrogens (tertiary/aromatic N) is 2. The number of likely N-dealkylation sites (N-methyl/N-ethyl adjacent to an activating group) is 2. The summed E-state index contributed by atoms with van der Waals surface area (Å²) in [5.41, 5.74) is 0.406. The lowest BCUT2D eigenvalue weighted by Gasteiger charge is -2.48. The van der Waals surface area contributed by atoms with E-state index in [0.717, 1.165) is 18.6 Å². The van der Waals surface area contributed by atoms with Crippen molar-refractivity contribution in [1.29, 1.82) is 0 Å². The average Bonchev–Trinajstić information content (AvgIpc) is 2.27. The number of piperidine rings is 2. The molecule has 100 valence electrons. The fraction of sp³-hybridized carbons (Fsp3) is 1.00. The van der Waals surface area contributed by atoms with Gasteiger partial charge in [0.25, 0.3) is 0 Å². The maximum absolute atomic E-state index is 3.53. The van der Waals surface area contributed by atoms with Crippen molar-refractivity contribution in [2.24, 2.45) is 5.41 Å². The number of likely N-dealkylation sites (tertiary alicyclic amines) is 1. The van der Waals surface area contributed by atoms with Crippen LogP contribution < -0.4 is 5.32 Å². The highest BCUT2D eigenvalue weighted by Gasteiger charge is 2.37. The standard InChI is InChI=1S/C14H29N3/c1-14(2)11-15-8-7-13(14)17(4)12-6-5-9-16(3)10-12/h12-13,15H,5-11H2,1-4H3. The average molecular weight is 239 g/mol. The van der Waals surface area contributed by atoms with Crippen LogP contribution in [0.5, 0.6) is 0 Å². The maximum atomic E-state index is 3.53. The van der Waals surface area contributed by atoms with Crippen LogP contribution in [-0.4, -0.2) is 62.2 Å². The normalized spacial score (nSPS) is 35.1. The van der Waals surface area contributed by atoms with Gasteiger partial charge in [-0.2, -0.15) is 0 Å². The summed E-state index contributed by atoms with van der Waals surface area (Å²) >= 11 is 0. The summed E-state index contributed by atoms with van der Waals surface area (Å²) in [6, 6.07) is 1.50. The molecule has 0 aliphatic carbocycles. The summed E-state index contributed by atoms with van der Waals surface area (Å²) in [6.45, 7) is 9.68. The molecule has 2 atom stereocenters. The highest BCUT2D eigenvalue weighted by Crippen LogP contribution is 2.31. The predicted molar refractivity (Wildman–Crippen MR) is 73.3 cm³/mol. The summed E-state index contributed by atoms with van der Waals surface area (Å²) < 4.78 is 0. The van der Waals surface area contributed by atoms with Crippen LogP contribution in [0.4, 0.5) is 0 Å². The van der Waals surface area contributed by atoms with Crippen LogP contribution >= 0.6 is 0 Å². The van der Waals surface area contributed by atoms with Gasteiger partial charge in [-0.3, -0.25) is 4.90 Å². The van der Waals surface area contributed by atoms with E-state index in [4.69, 9.17) is 0 Å². The lowest BCUT2D eigenvalue weighted by atomic mass is 9.78. The van der Waals surface area contributed by atoms with Gasteiger partial charge >= 0.3 is 0 Å². The Balaban J connectivity index is 2.00. The molecule has 0 saturated carbocycles. The Hall–Kier alpha value is -0.120. The molecule has 3 heteroatoms. The zero-order chi connectivity index (χ0) is 12.5. The Morgan fingerprint density at radius 1 is 1.29 bits per heavy atom. The molecule has 0 bridgehead atoms. The summed E-state index contributed by atoms with van der Waals surface area (Å²) in [5.74, 6) is 0. The molecule has 2 aliphatic rings. The van der Waals surface area contributed by atoms with Gasteiger partial charge in [-0.1, -0.05) is 13.8 Å². The molecule has 2 fully saturated rings. The first kappa shape index (κ1) is 13.3. The van der Waals surface area contributed by atoms with Crippen molar-refractivity contribution in [2.45, 2.75) is 45.2 Å². The second kappa shape index (κ2) is 5.25. The topological polar surface area (TPSA) is 18.5 Å². The first-order valence-electron chi connectivity index (χ1n) is 7.12. The van der Waals surface area contributed by atoms with E-state index < -0.39 is 0 Å². The van der Waals surface area contributed by atoms with Gasteiger partial charge in [-0.25, -0.2) is 0 Å². The number of rotatable bonds is 2. The molecule has 2 unspecified atom stereocenters. The van der Waals surface area contributed by atoms with Crippen molar-refractivity contribution in [3.8, 4) is 0 Å². The zero-order valence-corrected chi connectivity index (χ0v) is 12.0. The van der Waals surface area contributed by atoms with Crippen LogP contribution in [0, 0.1) is 5.41 Å². The fourth-order valence-corrected chi connectivity index (χ4v) is 3.64.